The van der Waals surface area contributed by atoms with Crippen molar-refractivity contribution in [3.63, 3.8) is 0 Å². The number of thiophene rings is 1. The van der Waals surface area contributed by atoms with E-state index in [-0.39, 0.29) is 24.3 Å². The second-order valence-electron chi connectivity index (χ2n) is 5.94. The molecule has 0 fully saturated rings. The molecule has 0 unspecified atom stereocenters. The van der Waals surface area contributed by atoms with Gasteiger partial charge < -0.3 is 0 Å². The number of aromatic amines is 1. The first kappa shape index (κ1) is 16.4. The first-order valence-electron chi connectivity index (χ1n) is 7.71. The van der Waals surface area contributed by atoms with Crippen LogP contribution in [0.2, 0.25) is 0 Å². The Bertz CT molecular complexity index is 1040. The van der Waals surface area contributed by atoms with Crippen LogP contribution in [0.5, 0.6) is 0 Å². The zero-order valence-electron chi connectivity index (χ0n) is 13.8. The molecule has 5 nitrogen and oxygen atoms in total. The van der Waals surface area contributed by atoms with Crippen LogP contribution >= 0.6 is 11.3 Å². The molecule has 0 radical (unpaired) electrons. The molecule has 0 aliphatic rings. The van der Waals surface area contributed by atoms with Crippen molar-refractivity contribution in [3.05, 3.63) is 55.5 Å². The summed E-state index contributed by atoms with van der Waals surface area (Å²) < 4.78 is 1.12. The van der Waals surface area contributed by atoms with Gasteiger partial charge >= 0.3 is 5.69 Å². The maximum Gasteiger partial charge on any atom is 0.329 e. The fourth-order valence-electron chi connectivity index (χ4n) is 2.77. The summed E-state index contributed by atoms with van der Waals surface area (Å²) in [6.45, 7) is 5.50. The second kappa shape index (κ2) is 6.20. The molecule has 24 heavy (non-hydrogen) atoms. The van der Waals surface area contributed by atoms with Crippen molar-refractivity contribution in [3.8, 4) is 11.1 Å². The Balaban J connectivity index is 2.27. The molecule has 0 atom stereocenters. The van der Waals surface area contributed by atoms with Gasteiger partial charge in [0.15, 0.2) is 0 Å². The van der Waals surface area contributed by atoms with Crippen LogP contribution in [0.15, 0.2) is 33.9 Å². The lowest BCUT2D eigenvalue weighted by atomic mass is 10.0. The number of carbonyl (C=O) groups excluding carboxylic acids is 1. The fourth-order valence-corrected chi connectivity index (χ4v) is 3.83. The first-order valence-corrected chi connectivity index (χ1v) is 8.53. The van der Waals surface area contributed by atoms with Gasteiger partial charge in [-0.1, -0.05) is 29.8 Å². The summed E-state index contributed by atoms with van der Waals surface area (Å²) in [6, 6.07) is 7.96. The number of rotatable bonds is 4. The quantitative estimate of drug-likeness (QED) is 0.792. The molecule has 0 amide bonds. The summed E-state index contributed by atoms with van der Waals surface area (Å²) in [4.78, 5) is 40.6. The van der Waals surface area contributed by atoms with Crippen LogP contribution in [-0.2, 0) is 11.3 Å². The van der Waals surface area contributed by atoms with Gasteiger partial charge in [0, 0.05) is 23.4 Å². The largest absolute Gasteiger partial charge is 0.329 e. The van der Waals surface area contributed by atoms with E-state index in [0.29, 0.717) is 10.2 Å². The van der Waals surface area contributed by atoms with E-state index in [1.165, 1.54) is 18.3 Å². The molecule has 124 valence electrons. The average molecular weight is 342 g/mol. The maximum atomic E-state index is 12.9. The zero-order chi connectivity index (χ0) is 17.4. The number of aromatic nitrogens is 2. The highest BCUT2D eigenvalue weighted by Gasteiger charge is 2.18. The summed E-state index contributed by atoms with van der Waals surface area (Å²) in [7, 11) is 0. The van der Waals surface area contributed by atoms with Gasteiger partial charge in [-0.2, -0.15) is 0 Å². The number of H-pyrrole nitrogens is 1. The van der Waals surface area contributed by atoms with Crippen molar-refractivity contribution in [2.45, 2.75) is 33.7 Å². The van der Waals surface area contributed by atoms with Crippen LogP contribution in [0.1, 0.15) is 23.8 Å². The van der Waals surface area contributed by atoms with Gasteiger partial charge in [-0.3, -0.25) is 19.1 Å². The lowest BCUT2D eigenvalue weighted by molar-refractivity contribution is -0.117. The van der Waals surface area contributed by atoms with Crippen molar-refractivity contribution < 1.29 is 4.79 Å². The number of nitrogens with zero attached hydrogens (tertiary/aromatic N) is 1. The number of Topliss-reactive ketones (excluding diaryl/α,β-unsaturated/α-hetero) is 1. The van der Waals surface area contributed by atoms with Crippen molar-refractivity contribution in [2.75, 3.05) is 0 Å². The Morgan fingerprint density at radius 1 is 1.17 bits per heavy atom. The van der Waals surface area contributed by atoms with Crippen LogP contribution in [0.4, 0.5) is 0 Å². The van der Waals surface area contributed by atoms with E-state index in [1.807, 2.05) is 38.1 Å². The smallest absolute Gasteiger partial charge is 0.300 e. The molecule has 3 aromatic rings. The molecule has 1 N–H and O–H groups in total. The van der Waals surface area contributed by atoms with E-state index >= 15 is 0 Å². The molecule has 0 saturated carbocycles. The zero-order valence-corrected chi connectivity index (χ0v) is 14.6. The Kier molecular flexibility index (Phi) is 4.24. The van der Waals surface area contributed by atoms with E-state index in [1.54, 1.807) is 0 Å². The molecule has 0 aliphatic heterocycles. The third-order valence-corrected chi connectivity index (χ3v) is 5.06. The summed E-state index contributed by atoms with van der Waals surface area (Å²) in [6.07, 6.45) is 0.164. The molecular weight excluding hydrogens is 324 g/mol. The highest BCUT2D eigenvalue weighted by Crippen LogP contribution is 2.35. The van der Waals surface area contributed by atoms with Gasteiger partial charge in [-0.15, -0.1) is 11.3 Å². The molecule has 0 aliphatic carbocycles. The van der Waals surface area contributed by atoms with Crippen LogP contribution in [0, 0.1) is 13.8 Å². The Hall–Kier alpha value is -2.47. The number of fused-ring (bicyclic) bond motifs is 1. The number of ketones is 1. The molecule has 2 aromatic heterocycles. The summed E-state index contributed by atoms with van der Waals surface area (Å²) in [5, 5.41) is 0.518. The molecule has 0 spiro atoms. The van der Waals surface area contributed by atoms with Crippen LogP contribution in [0.3, 0.4) is 0 Å². The number of hydrogen-bond donors (Lipinski definition) is 1. The minimum atomic E-state index is -0.467. The normalized spacial score (nSPS) is 11.1. The second-order valence-corrected chi connectivity index (χ2v) is 7.17. The van der Waals surface area contributed by atoms with Crippen molar-refractivity contribution in [1.82, 2.24) is 9.55 Å². The molecule has 2 heterocycles. The Morgan fingerprint density at radius 2 is 1.83 bits per heavy atom. The molecule has 1 aromatic carbocycles. The lowest BCUT2D eigenvalue weighted by Crippen LogP contribution is -2.35. The Labute approximate surface area is 142 Å². The lowest BCUT2D eigenvalue weighted by Gasteiger charge is -2.06. The number of carbonyl (C=O) groups is 1. The monoisotopic (exact) mass is 342 g/mol. The van der Waals surface area contributed by atoms with E-state index < -0.39 is 5.69 Å². The van der Waals surface area contributed by atoms with Gasteiger partial charge in [0.25, 0.3) is 5.56 Å². The number of nitrogens with one attached hydrogen (secondary N) is 1. The molecular formula is C18H18N2O3S. The standard InChI is InChI=1S/C18H18N2O3S/c1-10-4-6-13(7-5-10)14-12(3)24-16-15(14)17(22)20(18(23)19-16)9-8-11(2)21/h4-7H,8-9H2,1-3H3,(H,19,23). The van der Waals surface area contributed by atoms with Crippen LogP contribution < -0.4 is 11.2 Å². The summed E-state index contributed by atoms with van der Waals surface area (Å²) >= 11 is 1.40. The van der Waals surface area contributed by atoms with Crippen LogP contribution in [-0.4, -0.2) is 15.3 Å². The van der Waals surface area contributed by atoms with Crippen molar-refractivity contribution in [1.29, 1.82) is 0 Å². The Morgan fingerprint density at radius 3 is 2.46 bits per heavy atom. The van der Waals surface area contributed by atoms with Crippen molar-refractivity contribution >= 4 is 27.3 Å². The van der Waals surface area contributed by atoms with E-state index in [4.69, 9.17) is 0 Å². The van der Waals surface area contributed by atoms with Gasteiger partial charge in [0.2, 0.25) is 0 Å². The number of hydrogen-bond acceptors (Lipinski definition) is 4. The van der Waals surface area contributed by atoms with Crippen LogP contribution in [0.25, 0.3) is 21.3 Å². The van der Waals surface area contributed by atoms with Gasteiger partial charge in [0.1, 0.15) is 10.6 Å². The SMILES string of the molecule is CC(=O)CCn1c(=O)[nH]c2sc(C)c(-c3ccc(C)cc3)c2c1=O. The van der Waals surface area contributed by atoms with E-state index in [0.717, 1.165) is 26.1 Å². The summed E-state index contributed by atoms with van der Waals surface area (Å²) in [5.41, 5.74) is 2.14. The van der Waals surface area contributed by atoms with Gasteiger partial charge in [0.05, 0.1) is 5.39 Å². The highest BCUT2D eigenvalue weighted by atomic mass is 32.1. The predicted octanol–water partition coefficient (Wildman–Crippen LogP) is 3.01. The van der Waals surface area contributed by atoms with E-state index in [9.17, 15) is 14.4 Å². The topological polar surface area (TPSA) is 71.9 Å². The fraction of sp³-hybridized carbons (Fsp3) is 0.278. The third-order valence-electron chi connectivity index (χ3n) is 4.04. The molecule has 0 bridgehead atoms. The van der Waals surface area contributed by atoms with Crippen molar-refractivity contribution in [2.24, 2.45) is 0 Å². The minimum absolute atomic E-state index is 0.0540. The van der Waals surface area contributed by atoms with Gasteiger partial charge in [-0.05, 0) is 26.3 Å². The molecule has 6 heteroatoms. The number of aryl methyl sites for hydroxylation is 2. The number of benzene rings is 1. The van der Waals surface area contributed by atoms with Gasteiger partial charge in [-0.25, -0.2) is 4.79 Å². The third kappa shape index (κ3) is 2.85. The molecule has 0 saturated heterocycles. The first-order chi connectivity index (χ1) is 11.4. The minimum Gasteiger partial charge on any atom is -0.300 e. The highest BCUT2D eigenvalue weighted by molar-refractivity contribution is 7.19. The maximum absolute atomic E-state index is 12.9. The summed E-state index contributed by atoms with van der Waals surface area (Å²) in [5.74, 6) is -0.0540. The predicted molar refractivity (Wildman–Crippen MR) is 96.9 cm³/mol. The molecule has 3 rings (SSSR count). The van der Waals surface area contributed by atoms with E-state index in [2.05, 4.69) is 4.98 Å². The average Bonchev–Trinajstić information content (AvgIpc) is 2.83.